The largest absolute Gasteiger partial charge is 0.481 e. The van der Waals surface area contributed by atoms with Crippen LogP contribution in [0.15, 0.2) is 53.2 Å². The van der Waals surface area contributed by atoms with Gasteiger partial charge in [-0.15, -0.1) is 11.6 Å². The van der Waals surface area contributed by atoms with E-state index in [-0.39, 0.29) is 39.9 Å². The van der Waals surface area contributed by atoms with Gasteiger partial charge in [-0.3, -0.25) is 19.3 Å². The van der Waals surface area contributed by atoms with Gasteiger partial charge >= 0.3 is 0 Å². The fourth-order valence-electron chi connectivity index (χ4n) is 6.85. The number of fused-ring (bicyclic) bond motifs is 1. The number of allylic oxidation sites excluding steroid dienone is 4. The van der Waals surface area contributed by atoms with E-state index in [1.54, 1.807) is 27.0 Å². The molecule has 2 amide bonds. The number of nitrogens with zero attached hydrogens (tertiary/aromatic N) is 5. The van der Waals surface area contributed by atoms with Crippen LogP contribution in [0.3, 0.4) is 0 Å². The average molecular weight is 665 g/mol. The number of ether oxygens (including phenoxy) is 1. The zero-order valence-electron chi connectivity index (χ0n) is 26.5. The number of carbonyl (C=O) groups excluding carboxylic acids is 2. The molecule has 1 saturated heterocycles. The predicted octanol–water partition coefficient (Wildman–Crippen LogP) is 4.68. The molecule has 47 heavy (non-hydrogen) atoms. The van der Waals surface area contributed by atoms with E-state index in [0.717, 1.165) is 47.8 Å². The Morgan fingerprint density at radius 1 is 1.13 bits per heavy atom. The van der Waals surface area contributed by atoms with Gasteiger partial charge in [-0.2, -0.15) is 5.10 Å². The molecule has 1 fully saturated rings. The highest BCUT2D eigenvalue weighted by Gasteiger charge is 2.38. The molecular weight excluding hydrogens is 630 g/mol. The number of halogens is 3. The number of rotatable bonds is 6. The lowest BCUT2D eigenvalue weighted by atomic mass is 9.84. The van der Waals surface area contributed by atoms with Gasteiger partial charge in [0.15, 0.2) is 0 Å². The number of aromatic nitrogens is 3. The minimum atomic E-state index is -1.04. The highest BCUT2D eigenvalue weighted by Crippen LogP contribution is 2.47. The molecule has 6 rings (SSSR count). The number of nitrogens with one attached hydrogen (secondary N) is 1. The number of hydrogen-bond acceptors (Lipinski definition) is 7. The lowest BCUT2D eigenvalue weighted by Crippen LogP contribution is -2.48. The van der Waals surface area contributed by atoms with E-state index < -0.39 is 34.4 Å². The molecule has 1 aliphatic heterocycles. The predicted molar refractivity (Wildman–Crippen MR) is 174 cm³/mol. The fraction of sp³-hybridized carbons (Fsp3) is 0.382. The maximum absolute atomic E-state index is 15.6. The molecule has 3 heterocycles. The third-order valence-electron chi connectivity index (χ3n) is 9.36. The Hall–Kier alpha value is -4.42. The van der Waals surface area contributed by atoms with Crippen molar-refractivity contribution in [2.24, 2.45) is 7.05 Å². The summed E-state index contributed by atoms with van der Waals surface area (Å²) >= 11 is 7.01. The number of alkyl halides is 1. The van der Waals surface area contributed by atoms with Crippen LogP contribution < -0.4 is 15.6 Å². The smallest absolute Gasteiger partial charge is 0.279 e. The molecule has 13 heteroatoms. The Morgan fingerprint density at radius 2 is 1.87 bits per heavy atom. The molecule has 3 atom stereocenters. The van der Waals surface area contributed by atoms with Crippen molar-refractivity contribution in [3.05, 3.63) is 98.1 Å². The van der Waals surface area contributed by atoms with Gasteiger partial charge in [-0.25, -0.2) is 18.4 Å². The number of benzene rings is 1. The summed E-state index contributed by atoms with van der Waals surface area (Å²) < 4.78 is 38.0. The Balaban J connectivity index is 1.29. The molecular formula is C34H35ClF2N6O4. The number of aryl methyl sites for hydroxylation is 2. The second-order valence-electron chi connectivity index (χ2n) is 12.0. The summed E-state index contributed by atoms with van der Waals surface area (Å²) in [6, 6.07) is 5.86. The highest BCUT2D eigenvalue weighted by molar-refractivity contribution is 6.28. The average Bonchev–Trinajstić information content (AvgIpc) is 3.49. The first-order valence-corrected chi connectivity index (χ1v) is 15.9. The van der Waals surface area contributed by atoms with Gasteiger partial charge in [0.2, 0.25) is 11.8 Å². The molecule has 1 aromatic carbocycles. The number of anilines is 1. The van der Waals surface area contributed by atoms with E-state index in [1.807, 2.05) is 11.0 Å². The second-order valence-corrected chi connectivity index (χ2v) is 12.5. The maximum atomic E-state index is 15.6. The monoisotopic (exact) mass is 664 g/mol. The summed E-state index contributed by atoms with van der Waals surface area (Å²) in [6.07, 6.45) is 5.87. The molecule has 0 radical (unpaired) electrons. The van der Waals surface area contributed by atoms with E-state index in [0.29, 0.717) is 24.7 Å². The molecule has 0 bridgehead atoms. The first kappa shape index (κ1) is 32.5. The summed E-state index contributed by atoms with van der Waals surface area (Å²) in [5, 5.41) is 5.43. The number of piperazine rings is 1. The summed E-state index contributed by atoms with van der Waals surface area (Å²) in [5.74, 6) is -2.19. The van der Waals surface area contributed by atoms with Crippen LogP contribution in [0.4, 0.5) is 14.5 Å². The number of pyridine rings is 1. The highest BCUT2D eigenvalue weighted by atomic mass is 35.5. The van der Waals surface area contributed by atoms with Crippen molar-refractivity contribution in [3.8, 4) is 5.88 Å². The molecule has 10 nitrogen and oxygen atoms in total. The van der Waals surface area contributed by atoms with E-state index in [2.05, 4.69) is 15.3 Å². The van der Waals surface area contributed by atoms with Gasteiger partial charge in [-0.05, 0) is 61.2 Å². The van der Waals surface area contributed by atoms with Crippen LogP contribution in [-0.2, 0) is 18.3 Å². The van der Waals surface area contributed by atoms with Crippen LogP contribution in [-0.4, -0.2) is 75.0 Å². The molecule has 2 aliphatic carbocycles. The van der Waals surface area contributed by atoms with Crippen LogP contribution in [0.1, 0.15) is 63.6 Å². The zero-order valence-corrected chi connectivity index (χ0v) is 27.3. The van der Waals surface area contributed by atoms with Crippen LogP contribution in [0.25, 0.3) is 5.57 Å². The van der Waals surface area contributed by atoms with Crippen molar-refractivity contribution in [3.63, 3.8) is 0 Å². The van der Waals surface area contributed by atoms with Gasteiger partial charge < -0.3 is 15.0 Å². The number of carbonyl (C=O) groups is 2. The van der Waals surface area contributed by atoms with Crippen molar-refractivity contribution < 1.29 is 23.1 Å². The Bertz CT molecular complexity index is 1880. The molecule has 0 spiro atoms. The van der Waals surface area contributed by atoms with Gasteiger partial charge in [0.1, 0.15) is 17.2 Å². The quantitative estimate of drug-likeness (QED) is 0.382. The molecule has 1 N–H and O–H groups in total. The lowest BCUT2D eigenvalue weighted by molar-refractivity contribution is -0.130. The molecule has 0 saturated carbocycles. The van der Waals surface area contributed by atoms with E-state index >= 15 is 8.78 Å². The fourth-order valence-corrected chi connectivity index (χ4v) is 7.28. The summed E-state index contributed by atoms with van der Waals surface area (Å²) in [4.78, 5) is 46.3. The van der Waals surface area contributed by atoms with Crippen LogP contribution >= 0.6 is 11.6 Å². The third kappa shape index (κ3) is 5.96. The normalized spacial score (nSPS) is 21.2. The summed E-state index contributed by atoms with van der Waals surface area (Å²) in [5.41, 5.74) is 2.21. The standard InChI is InChI=1S/C34H35ClF2N6O4/c1-18-25(39-32(45)22-11-12-38-41(3)34(22)46)9-8-23(36)28(18)30-24(37)7-6-21(31(30)35)26-17-20-5-10-27(29(20)33(40-26)47-4)43-15-13-42(14-16-43)19(2)44/h6-9,11-12,17,21,27,31H,5,10,13-16H2,1-4H3,(H,39,45)/t21?,27-,31?/m0/s1. The van der Waals surface area contributed by atoms with Crippen LogP contribution in [0, 0.1) is 12.7 Å². The first-order chi connectivity index (χ1) is 22.5. The van der Waals surface area contributed by atoms with Crippen molar-refractivity contribution in [1.82, 2.24) is 24.6 Å². The third-order valence-corrected chi connectivity index (χ3v) is 9.85. The van der Waals surface area contributed by atoms with Crippen molar-refractivity contribution in [2.45, 2.75) is 44.0 Å². The van der Waals surface area contributed by atoms with E-state index in [1.165, 1.54) is 31.5 Å². The van der Waals surface area contributed by atoms with Gasteiger partial charge in [0.25, 0.3) is 11.5 Å². The Labute approximate surface area is 275 Å². The molecule has 3 aliphatic rings. The first-order valence-electron chi connectivity index (χ1n) is 15.4. The van der Waals surface area contributed by atoms with E-state index in [9.17, 15) is 14.4 Å². The SMILES string of the molecule is COc1nc(C2C=CC(F)=C(c3c(F)ccc(NC(=O)c4ccnn(C)c4=O)c3C)C2Cl)cc2c1[C@@H](N1CCN(C(C)=O)CC1)CC2. The minimum Gasteiger partial charge on any atom is -0.481 e. The Morgan fingerprint density at radius 3 is 2.57 bits per heavy atom. The Kier molecular flexibility index (Phi) is 8.99. The van der Waals surface area contributed by atoms with Crippen LogP contribution in [0.5, 0.6) is 5.88 Å². The number of methoxy groups -OCH3 is 1. The second kappa shape index (κ2) is 13.0. The lowest BCUT2D eigenvalue weighted by Gasteiger charge is -2.38. The number of amides is 2. The maximum Gasteiger partial charge on any atom is 0.279 e. The van der Waals surface area contributed by atoms with Crippen molar-refractivity contribution in [2.75, 3.05) is 38.6 Å². The summed E-state index contributed by atoms with van der Waals surface area (Å²) in [7, 11) is 2.99. The molecule has 246 valence electrons. The van der Waals surface area contributed by atoms with Crippen molar-refractivity contribution in [1.29, 1.82) is 0 Å². The summed E-state index contributed by atoms with van der Waals surface area (Å²) in [6.45, 7) is 5.98. The van der Waals surface area contributed by atoms with Gasteiger partial charge in [0, 0.05) is 80.7 Å². The minimum absolute atomic E-state index is 0.0624. The van der Waals surface area contributed by atoms with Crippen LogP contribution in [0.2, 0.25) is 0 Å². The molecule has 2 unspecified atom stereocenters. The van der Waals surface area contributed by atoms with Gasteiger partial charge in [0.05, 0.1) is 18.2 Å². The topological polar surface area (TPSA) is 110 Å². The van der Waals surface area contributed by atoms with Crippen molar-refractivity contribution >= 4 is 34.7 Å². The van der Waals surface area contributed by atoms with Gasteiger partial charge in [-0.1, -0.05) is 6.08 Å². The molecule has 2 aromatic heterocycles. The molecule has 3 aromatic rings. The van der Waals surface area contributed by atoms with E-state index in [4.69, 9.17) is 21.3 Å². The number of hydrogen-bond donors (Lipinski definition) is 1. The zero-order chi connectivity index (χ0) is 33.6.